The van der Waals surface area contributed by atoms with Crippen LogP contribution in [0.3, 0.4) is 0 Å². The summed E-state index contributed by atoms with van der Waals surface area (Å²) in [4.78, 5) is 19.2. The fourth-order valence-electron chi connectivity index (χ4n) is 4.03. The Kier molecular flexibility index (Phi) is 5.68. The zero-order valence-corrected chi connectivity index (χ0v) is 20.5. The molecule has 0 bridgehead atoms. The van der Waals surface area contributed by atoms with E-state index in [2.05, 4.69) is 50.0 Å². The Labute approximate surface area is 201 Å². The molecule has 3 heterocycles. The molecule has 1 saturated carbocycles. The van der Waals surface area contributed by atoms with Crippen molar-refractivity contribution < 1.29 is 13.5 Å². The van der Waals surface area contributed by atoms with Crippen LogP contribution in [0, 0.1) is 5.41 Å². The zero-order chi connectivity index (χ0) is 24.1. The number of hydrogen-bond donors (Lipinski definition) is 2. The number of ether oxygens (including phenoxy) is 1. The van der Waals surface area contributed by atoms with E-state index in [-0.39, 0.29) is 39.3 Å². The monoisotopic (exact) mass is 505 g/mol. The fourth-order valence-corrected chi connectivity index (χ4v) is 5.17. The summed E-state index contributed by atoms with van der Waals surface area (Å²) in [5.74, 6) is -1.24. The van der Waals surface area contributed by atoms with E-state index in [1.165, 1.54) is 24.8 Å². The summed E-state index contributed by atoms with van der Waals surface area (Å²) in [6.07, 6.45) is 2.96. The van der Waals surface area contributed by atoms with Gasteiger partial charge in [-0.15, -0.1) is 0 Å². The zero-order valence-electron chi connectivity index (χ0n) is 18.8. The molecule has 0 amide bonds. The Morgan fingerprint density at radius 1 is 1.06 bits per heavy atom. The molecule has 1 aliphatic heterocycles. The van der Waals surface area contributed by atoms with Gasteiger partial charge in [-0.2, -0.15) is 9.97 Å². The number of nitrogens with one attached hydrogen (secondary N) is 2. The number of alkyl halides is 2. The van der Waals surface area contributed by atoms with Gasteiger partial charge in [0.05, 0.1) is 24.9 Å². The molecule has 1 aliphatic carbocycles. The van der Waals surface area contributed by atoms with Crippen molar-refractivity contribution in [3.63, 3.8) is 0 Å². The van der Waals surface area contributed by atoms with Gasteiger partial charge in [0.2, 0.25) is 17.8 Å². The average Bonchev–Trinajstić information content (AvgIpc) is 3.38. The van der Waals surface area contributed by atoms with Crippen LogP contribution < -0.4 is 25.6 Å². The van der Waals surface area contributed by atoms with E-state index >= 15 is 0 Å². The van der Waals surface area contributed by atoms with Crippen molar-refractivity contribution in [3.05, 3.63) is 41.7 Å². The summed E-state index contributed by atoms with van der Waals surface area (Å²) in [5.41, 5.74) is 0.470. The van der Waals surface area contributed by atoms with Gasteiger partial charge in [0, 0.05) is 25.2 Å². The third kappa shape index (κ3) is 4.09. The second-order valence-corrected chi connectivity index (χ2v) is 11.3. The second kappa shape index (κ2) is 8.43. The van der Waals surface area contributed by atoms with E-state index in [0.717, 1.165) is 5.69 Å². The molecule has 2 N–H and O–H groups in total. The first kappa shape index (κ1) is 22.9. The first-order chi connectivity index (χ1) is 16.2. The average molecular weight is 506 g/mol. The predicted molar refractivity (Wildman–Crippen MR) is 131 cm³/mol. The number of methoxy groups -OCH3 is 1. The van der Waals surface area contributed by atoms with Crippen LogP contribution >= 0.6 is 19.5 Å². The van der Waals surface area contributed by atoms with Crippen molar-refractivity contribution in [2.45, 2.75) is 12.3 Å². The molecular weight excluding hydrogens is 483 g/mol. The molecule has 3 aromatic rings. The lowest BCUT2D eigenvalue weighted by Crippen LogP contribution is -2.52. The van der Waals surface area contributed by atoms with Crippen LogP contribution in [0.1, 0.15) is 6.42 Å². The molecule has 0 atom stereocenters. The molecule has 1 aromatic carbocycles. The van der Waals surface area contributed by atoms with Crippen molar-refractivity contribution in [2.75, 3.05) is 49.1 Å². The number of nitrogens with zero attached hydrogens (tertiary/aromatic N) is 5. The number of para-hydroxylation sites is 1. The smallest absolute Gasteiger partial charge is 0.258 e. The van der Waals surface area contributed by atoms with E-state index in [1.54, 1.807) is 4.90 Å². The summed E-state index contributed by atoms with van der Waals surface area (Å²) in [6, 6.07) is 8.02. The SMILES string of the molecule is COc1nc(N2CC3(C2)CC3(F)F)ncc1Nc1ncc(Cl)c(Nc2ccccc2P(C)C)n1. The molecule has 2 fully saturated rings. The summed E-state index contributed by atoms with van der Waals surface area (Å²) in [6.45, 7) is 4.84. The van der Waals surface area contributed by atoms with Crippen LogP contribution in [0.25, 0.3) is 0 Å². The lowest BCUT2D eigenvalue weighted by atomic mass is 9.96. The lowest BCUT2D eigenvalue weighted by molar-refractivity contribution is 0.0515. The molecule has 1 saturated heterocycles. The van der Waals surface area contributed by atoms with Crippen molar-refractivity contribution in [3.8, 4) is 5.88 Å². The first-order valence-corrected chi connectivity index (χ1v) is 13.2. The highest BCUT2D eigenvalue weighted by Crippen LogP contribution is 2.65. The van der Waals surface area contributed by atoms with Crippen molar-refractivity contribution in [1.29, 1.82) is 0 Å². The predicted octanol–water partition coefficient (Wildman–Crippen LogP) is 4.63. The Morgan fingerprint density at radius 2 is 1.79 bits per heavy atom. The third-order valence-electron chi connectivity index (χ3n) is 6.05. The van der Waals surface area contributed by atoms with Crippen LogP contribution in [0.2, 0.25) is 5.02 Å². The maximum absolute atomic E-state index is 13.5. The van der Waals surface area contributed by atoms with E-state index in [4.69, 9.17) is 16.3 Å². The molecule has 34 heavy (non-hydrogen) atoms. The fraction of sp³-hybridized carbons (Fsp3) is 0.364. The first-order valence-electron chi connectivity index (χ1n) is 10.6. The minimum Gasteiger partial charge on any atom is -0.479 e. The van der Waals surface area contributed by atoms with Gasteiger partial charge in [-0.3, -0.25) is 0 Å². The number of hydrogen-bond acceptors (Lipinski definition) is 8. The Balaban J connectivity index is 1.34. The largest absolute Gasteiger partial charge is 0.479 e. The van der Waals surface area contributed by atoms with Crippen molar-refractivity contribution in [1.82, 2.24) is 19.9 Å². The lowest BCUT2D eigenvalue weighted by Gasteiger charge is -2.39. The highest BCUT2D eigenvalue weighted by atomic mass is 35.5. The van der Waals surface area contributed by atoms with E-state index in [9.17, 15) is 8.78 Å². The van der Waals surface area contributed by atoms with Gasteiger partial charge in [-0.1, -0.05) is 37.7 Å². The molecule has 1 spiro atoms. The maximum Gasteiger partial charge on any atom is 0.258 e. The number of rotatable bonds is 7. The van der Waals surface area contributed by atoms with Crippen LogP contribution in [0.15, 0.2) is 36.7 Å². The molecular formula is C22H23ClF2N7OP. The normalized spacial score (nSPS) is 17.4. The standard InChI is InChI=1S/C22H23ClF2N7OP/c1-33-18-15(9-27-20(31-18)32-11-21(12-32)10-22(21,24)25)29-19-26-8-13(23)17(30-19)28-14-6-4-5-7-16(14)34(2)3/h4-9H,10-12H2,1-3H3,(H2,26,28,29,30). The molecule has 5 rings (SSSR count). The van der Waals surface area contributed by atoms with E-state index in [1.807, 2.05) is 18.2 Å². The Morgan fingerprint density at radius 3 is 2.47 bits per heavy atom. The topological polar surface area (TPSA) is 88.1 Å². The number of halogens is 3. The van der Waals surface area contributed by atoms with Gasteiger partial charge >= 0.3 is 0 Å². The van der Waals surface area contributed by atoms with Crippen LogP contribution in [-0.2, 0) is 0 Å². The molecule has 0 unspecified atom stereocenters. The number of anilines is 5. The molecule has 8 nitrogen and oxygen atoms in total. The highest BCUT2D eigenvalue weighted by molar-refractivity contribution is 7.64. The minimum atomic E-state index is -2.58. The quantitative estimate of drug-likeness (QED) is 0.449. The molecule has 2 aliphatic rings. The van der Waals surface area contributed by atoms with Crippen LogP contribution in [-0.4, -0.2) is 59.4 Å². The van der Waals surface area contributed by atoms with Crippen LogP contribution in [0.5, 0.6) is 5.88 Å². The van der Waals surface area contributed by atoms with Gasteiger partial charge < -0.3 is 20.3 Å². The summed E-state index contributed by atoms with van der Waals surface area (Å²) in [7, 11) is 1.14. The minimum absolute atomic E-state index is 0.0692. The third-order valence-corrected chi connectivity index (χ3v) is 7.68. The summed E-state index contributed by atoms with van der Waals surface area (Å²) in [5, 5.41) is 7.92. The molecule has 2 aromatic heterocycles. The van der Waals surface area contributed by atoms with Gasteiger partial charge in [-0.25, -0.2) is 18.7 Å². The summed E-state index contributed by atoms with van der Waals surface area (Å²) >= 11 is 6.35. The van der Waals surface area contributed by atoms with Crippen molar-refractivity contribution in [2.24, 2.45) is 5.41 Å². The number of benzene rings is 1. The summed E-state index contributed by atoms with van der Waals surface area (Å²) < 4.78 is 32.4. The second-order valence-electron chi connectivity index (χ2n) is 8.66. The van der Waals surface area contributed by atoms with Crippen molar-refractivity contribution >= 4 is 53.9 Å². The van der Waals surface area contributed by atoms with Gasteiger partial charge in [0.1, 0.15) is 10.7 Å². The van der Waals surface area contributed by atoms with Gasteiger partial charge in [-0.05, 0) is 24.7 Å². The molecule has 0 radical (unpaired) electrons. The molecule has 178 valence electrons. The Bertz CT molecular complexity index is 1240. The Hall–Kier alpha value is -2.84. The maximum atomic E-state index is 13.5. The van der Waals surface area contributed by atoms with Crippen LogP contribution in [0.4, 0.5) is 37.9 Å². The van der Waals surface area contributed by atoms with Gasteiger partial charge in [0.15, 0.2) is 5.82 Å². The molecule has 12 heteroatoms. The number of aromatic nitrogens is 4. The highest BCUT2D eigenvalue weighted by Gasteiger charge is 2.76. The van der Waals surface area contributed by atoms with E-state index in [0.29, 0.717) is 22.5 Å². The van der Waals surface area contributed by atoms with E-state index < -0.39 is 11.3 Å². The van der Waals surface area contributed by atoms with Gasteiger partial charge in [0.25, 0.3) is 5.92 Å².